The lowest BCUT2D eigenvalue weighted by Gasteiger charge is -2.32. The second-order valence-electron chi connectivity index (χ2n) is 7.49. The highest BCUT2D eigenvalue weighted by molar-refractivity contribution is 5.93. The van der Waals surface area contributed by atoms with Gasteiger partial charge in [0.1, 0.15) is 5.60 Å². The van der Waals surface area contributed by atoms with Crippen LogP contribution in [0.1, 0.15) is 39.2 Å². The van der Waals surface area contributed by atoms with Crippen LogP contribution in [0.25, 0.3) is 0 Å². The predicted molar refractivity (Wildman–Crippen MR) is 97.0 cm³/mol. The van der Waals surface area contributed by atoms with Crippen molar-refractivity contribution in [3.8, 4) is 0 Å². The third-order valence-corrected chi connectivity index (χ3v) is 4.19. The summed E-state index contributed by atoms with van der Waals surface area (Å²) < 4.78 is 5.34. The zero-order valence-corrected chi connectivity index (χ0v) is 15.6. The number of anilines is 1. The number of piperidine rings is 1. The van der Waals surface area contributed by atoms with Crippen molar-refractivity contribution in [2.75, 3.05) is 18.4 Å². The fourth-order valence-electron chi connectivity index (χ4n) is 2.78. The van der Waals surface area contributed by atoms with Crippen molar-refractivity contribution in [2.24, 2.45) is 5.92 Å². The molecule has 0 bridgehead atoms. The summed E-state index contributed by atoms with van der Waals surface area (Å²) in [4.78, 5) is 36.6. The number of carbonyl (C=O) groups is 2. The lowest BCUT2D eigenvalue weighted by atomic mass is 9.96. The molecule has 0 radical (unpaired) electrons. The fourth-order valence-corrected chi connectivity index (χ4v) is 2.78. The van der Waals surface area contributed by atoms with Crippen LogP contribution in [0.15, 0.2) is 18.2 Å². The summed E-state index contributed by atoms with van der Waals surface area (Å²) in [5.74, 6) is -0.430. The maximum absolute atomic E-state index is 12.4. The number of ether oxygens (including phenoxy) is 1. The van der Waals surface area contributed by atoms with E-state index in [1.165, 1.54) is 6.07 Å². The maximum atomic E-state index is 12.4. The number of hydrogen-bond acceptors (Lipinski definition) is 5. The number of carbonyl (C=O) groups excluding carboxylic acids is 2. The molecule has 1 saturated heterocycles. The SMILES string of the molecule is Cc1ccc(NC(=O)C2CCN(C(=O)OC(C)(C)C)CC2)cc1[N+](=O)[O-]. The Hall–Kier alpha value is -2.64. The van der Waals surface area contributed by atoms with Crippen molar-refractivity contribution >= 4 is 23.4 Å². The summed E-state index contributed by atoms with van der Waals surface area (Å²) >= 11 is 0. The number of likely N-dealkylation sites (tertiary alicyclic amines) is 1. The average Bonchev–Trinajstić information content (AvgIpc) is 2.55. The summed E-state index contributed by atoms with van der Waals surface area (Å²) in [5, 5.41) is 13.7. The Morgan fingerprint density at radius 3 is 2.42 bits per heavy atom. The lowest BCUT2D eigenvalue weighted by molar-refractivity contribution is -0.385. The molecule has 0 unspecified atom stereocenters. The van der Waals surface area contributed by atoms with Gasteiger partial charge in [0.15, 0.2) is 0 Å². The van der Waals surface area contributed by atoms with Crippen LogP contribution in [0.2, 0.25) is 0 Å². The molecule has 1 heterocycles. The van der Waals surface area contributed by atoms with Crippen molar-refractivity contribution in [3.05, 3.63) is 33.9 Å². The minimum absolute atomic E-state index is 0.0254. The molecule has 0 aliphatic carbocycles. The Balaban J connectivity index is 1.92. The van der Waals surface area contributed by atoms with Crippen LogP contribution in [0.3, 0.4) is 0 Å². The number of nitro benzene ring substituents is 1. The van der Waals surface area contributed by atoms with Crippen molar-refractivity contribution in [1.82, 2.24) is 4.90 Å². The number of benzene rings is 1. The van der Waals surface area contributed by atoms with Crippen molar-refractivity contribution in [3.63, 3.8) is 0 Å². The minimum Gasteiger partial charge on any atom is -0.444 e. The van der Waals surface area contributed by atoms with Gasteiger partial charge >= 0.3 is 6.09 Å². The molecule has 1 aromatic carbocycles. The molecule has 0 spiro atoms. The second kappa shape index (κ2) is 7.72. The number of nitro groups is 1. The maximum Gasteiger partial charge on any atom is 0.410 e. The molecule has 0 aromatic heterocycles. The molecule has 1 fully saturated rings. The minimum atomic E-state index is -0.550. The Kier molecular flexibility index (Phi) is 5.84. The van der Waals surface area contributed by atoms with Crippen LogP contribution in [0.5, 0.6) is 0 Å². The normalized spacial score (nSPS) is 15.5. The molecule has 26 heavy (non-hydrogen) atoms. The van der Waals surface area contributed by atoms with Crippen LogP contribution >= 0.6 is 0 Å². The first-order valence-electron chi connectivity index (χ1n) is 8.60. The Morgan fingerprint density at radius 1 is 1.27 bits per heavy atom. The van der Waals surface area contributed by atoms with Crippen molar-refractivity contribution in [1.29, 1.82) is 0 Å². The first-order chi connectivity index (χ1) is 12.1. The highest BCUT2D eigenvalue weighted by atomic mass is 16.6. The Bertz CT molecular complexity index is 703. The quantitative estimate of drug-likeness (QED) is 0.654. The van der Waals surface area contributed by atoms with E-state index >= 15 is 0 Å². The predicted octanol–water partition coefficient (Wildman–Crippen LogP) is 3.49. The largest absolute Gasteiger partial charge is 0.444 e. The second-order valence-corrected chi connectivity index (χ2v) is 7.49. The van der Waals surface area contributed by atoms with E-state index in [1.54, 1.807) is 24.0 Å². The van der Waals surface area contributed by atoms with Crippen LogP contribution in [-0.2, 0) is 9.53 Å². The number of nitrogens with zero attached hydrogens (tertiary/aromatic N) is 2. The van der Waals surface area contributed by atoms with E-state index in [4.69, 9.17) is 4.74 Å². The number of rotatable bonds is 3. The molecule has 2 amide bonds. The van der Waals surface area contributed by atoms with Gasteiger partial charge in [-0.05, 0) is 46.6 Å². The zero-order valence-electron chi connectivity index (χ0n) is 15.6. The van der Waals surface area contributed by atoms with Crippen LogP contribution in [0, 0.1) is 23.0 Å². The van der Waals surface area contributed by atoms with Gasteiger partial charge in [-0.1, -0.05) is 6.07 Å². The lowest BCUT2D eigenvalue weighted by Crippen LogP contribution is -2.43. The van der Waals surface area contributed by atoms with Crippen molar-refractivity contribution in [2.45, 2.75) is 46.1 Å². The van der Waals surface area contributed by atoms with Gasteiger partial charge in [-0.2, -0.15) is 0 Å². The molecule has 1 aliphatic heterocycles. The number of nitrogens with one attached hydrogen (secondary N) is 1. The van der Waals surface area contributed by atoms with Gasteiger partial charge in [-0.15, -0.1) is 0 Å². The Morgan fingerprint density at radius 2 is 1.88 bits per heavy atom. The summed E-state index contributed by atoms with van der Waals surface area (Å²) in [7, 11) is 0. The van der Waals surface area contributed by atoms with Gasteiger partial charge in [-0.3, -0.25) is 14.9 Å². The summed E-state index contributed by atoms with van der Waals surface area (Å²) in [6, 6.07) is 4.62. The van der Waals surface area contributed by atoms with E-state index < -0.39 is 10.5 Å². The van der Waals surface area contributed by atoms with E-state index in [0.29, 0.717) is 37.2 Å². The first-order valence-corrected chi connectivity index (χ1v) is 8.60. The third kappa shape index (κ3) is 5.18. The molecule has 2 rings (SSSR count). The number of aryl methyl sites for hydroxylation is 1. The van der Waals surface area contributed by atoms with E-state index in [-0.39, 0.29) is 23.6 Å². The zero-order chi connectivity index (χ0) is 19.5. The standard InChI is InChI=1S/C18H25N3O5/c1-12-5-6-14(11-15(12)21(24)25)19-16(22)13-7-9-20(10-8-13)17(23)26-18(2,3)4/h5-6,11,13H,7-10H2,1-4H3,(H,19,22). The number of amides is 2. The molecule has 0 saturated carbocycles. The Labute approximate surface area is 152 Å². The van der Waals surface area contributed by atoms with Crippen LogP contribution in [-0.4, -0.2) is 40.5 Å². The van der Waals surface area contributed by atoms with Gasteiger partial charge in [-0.25, -0.2) is 4.79 Å². The van der Waals surface area contributed by atoms with E-state index in [0.717, 1.165) is 0 Å². The highest BCUT2D eigenvalue weighted by Gasteiger charge is 2.30. The van der Waals surface area contributed by atoms with Gasteiger partial charge in [0, 0.05) is 36.3 Å². The molecular formula is C18H25N3O5. The first kappa shape index (κ1) is 19.7. The van der Waals surface area contributed by atoms with E-state index in [2.05, 4.69) is 5.32 Å². The van der Waals surface area contributed by atoms with Crippen molar-refractivity contribution < 1.29 is 19.2 Å². The molecular weight excluding hydrogens is 338 g/mol. The number of hydrogen-bond donors (Lipinski definition) is 1. The van der Waals surface area contributed by atoms with Gasteiger partial charge in [0.05, 0.1) is 4.92 Å². The summed E-state index contributed by atoms with van der Waals surface area (Å²) in [6.07, 6.45) is 0.684. The molecule has 1 aliphatic rings. The van der Waals surface area contributed by atoms with Gasteiger partial charge in [0.25, 0.3) is 5.69 Å². The summed E-state index contributed by atoms with van der Waals surface area (Å²) in [6.45, 7) is 7.97. The van der Waals surface area contributed by atoms with E-state index in [9.17, 15) is 19.7 Å². The topological polar surface area (TPSA) is 102 Å². The monoisotopic (exact) mass is 363 g/mol. The molecule has 1 aromatic rings. The average molecular weight is 363 g/mol. The van der Waals surface area contributed by atoms with Gasteiger partial charge in [0.2, 0.25) is 5.91 Å². The molecule has 1 N–H and O–H groups in total. The van der Waals surface area contributed by atoms with Crippen LogP contribution < -0.4 is 5.32 Å². The smallest absolute Gasteiger partial charge is 0.410 e. The van der Waals surface area contributed by atoms with E-state index in [1.807, 2.05) is 20.8 Å². The third-order valence-electron chi connectivity index (χ3n) is 4.19. The molecule has 8 heteroatoms. The van der Waals surface area contributed by atoms with Crippen LogP contribution in [0.4, 0.5) is 16.2 Å². The highest BCUT2D eigenvalue weighted by Crippen LogP contribution is 2.25. The molecule has 0 atom stereocenters. The summed E-state index contributed by atoms with van der Waals surface area (Å²) in [5.41, 5.74) is 0.369. The van der Waals surface area contributed by atoms with Gasteiger partial charge < -0.3 is 15.0 Å². The molecule has 142 valence electrons. The fraction of sp³-hybridized carbons (Fsp3) is 0.556. The molecule has 8 nitrogen and oxygen atoms in total.